The number of para-hydroxylation sites is 1. The number of halogens is 4. The Balaban J connectivity index is 0.00000167. The van der Waals surface area contributed by atoms with Crippen LogP contribution in [0.3, 0.4) is 0 Å². The van der Waals surface area contributed by atoms with Crippen molar-refractivity contribution in [3.63, 3.8) is 0 Å². The molecule has 0 aliphatic heterocycles. The minimum Gasteiger partial charge on any atom is -0.333 e. The molecule has 0 unspecified atom stereocenters. The number of benzene rings is 3. The largest absolute Gasteiger partial charge is 0.417 e. The number of nitrogens with zero attached hydrogens (tertiary/aromatic N) is 1. The first-order valence-corrected chi connectivity index (χ1v) is 12.1. The van der Waals surface area contributed by atoms with E-state index in [-0.39, 0.29) is 17.8 Å². The van der Waals surface area contributed by atoms with E-state index >= 15 is 4.39 Å². The maximum absolute atomic E-state index is 15.5. The summed E-state index contributed by atoms with van der Waals surface area (Å²) in [6, 6.07) is 19.9. The Bertz CT molecular complexity index is 1220. The van der Waals surface area contributed by atoms with Crippen molar-refractivity contribution in [2.45, 2.75) is 46.3 Å². The highest BCUT2D eigenvalue weighted by Gasteiger charge is 2.35. The van der Waals surface area contributed by atoms with Gasteiger partial charge in [0.2, 0.25) is 0 Å². The van der Waals surface area contributed by atoms with Gasteiger partial charge in [0.15, 0.2) is 5.82 Å². The van der Waals surface area contributed by atoms with Crippen molar-refractivity contribution in [1.29, 1.82) is 0 Å². The quantitative estimate of drug-likeness (QED) is 0.198. The van der Waals surface area contributed by atoms with Gasteiger partial charge in [0, 0.05) is 17.5 Å². The number of hydrogen-bond acceptors (Lipinski definition) is 1. The second-order valence-corrected chi connectivity index (χ2v) is 8.13. The average molecular weight is 485 g/mol. The molecule has 0 aliphatic rings. The number of hydrogen-bond donors (Lipinski definition) is 1. The summed E-state index contributed by atoms with van der Waals surface area (Å²) in [5.74, 6) is -0.638. The van der Waals surface area contributed by atoms with Gasteiger partial charge in [-0.25, -0.2) is 4.39 Å². The fraction of sp³-hybridized carbons (Fsp3) is 0.310. The Kier molecular flexibility index (Phi) is 9.10. The highest BCUT2D eigenvalue weighted by atomic mass is 19.4. The fourth-order valence-electron chi connectivity index (χ4n) is 4.15. The Morgan fingerprint density at radius 3 is 2.11 bits per heavy atom. The number of aromatic nitrogens is 1. The van der Waals surface area contributed by atoms with Crippen molar-refractivity contribution >= 4 is 10.9 Å². The summed E-state index contributed by atoms with van der Waals surface area (Å²) in [6.07, 6.45) is -2.61. The van der Waals surface area contributed by atoms with Gasteiger partial charge < -0.3 is 9.88 Å². The number of nitrogens with one attached hydrogen (secondary N) is 1. The van der Waals surface area contributed by atoms with Gasteiger partial charge in [-0.15, -0.1) is 0 Å². The Morgan fingerprint density at radius 1 is 0.800 bits per heavy atom. The lowest BCUT2D eigenvalue weighted by Gasteiger charge is -2.16. The van der Waals surface area contributed by atoms with Crippen LogP contribution in [0.4, 0.5) is 17.6 Å². The zero-order chi connectivity index (χ0) is 25.4. The van der Waals surface area contributed by atoms with E-state index in [1.54, 1.807) is 28.8 Å². The van der Waals surface area contributed by atoms with Crippen LogP contribution in [-0.2, 0) is 19.1 Å². The molecule has 0 aliphatic carbocycles. The second kappa shape index (κ2) is 12.0. The smallest absolute Gasteiger partial charge is 0.333 e. The number of rotatable bonds is 8. The van der Waals surface area contributed by atoms with E-state index in [1.165, 1.54) is 23.8 Å². The molecule has 0 fully saturated rings. The standard InChI is InChI=1S/C27H26F4N2.C2H6/c1-2-16-32-17-15-19-11-13-20(14-12-19)18-33-24-10-6-4-8-22(24)25(28)26(33)21-7-3-5-9-23(21)27(29,30)31;1-2/h3-14,32H,2,15-18H2,1H3;1-2H3. The highest BCUT2D eigenvalue weighted by molar-refractivity contribution is 5.89. The third-order valence-corrected chi connectivity index (χ3v) is 5.78. The van der Waals surface area contributed by atoms with Crippen LogP contribution >= 0.6 is 0 Å². The first-order chi connectivity index (χ1) is 16.9. The van der Waals surface area contributed by atoms with Crippen LogP contribution in [-0.4, -0.2) is 17.7 Å². The molecule has 4 aromatic rings. The van der Waals surface area contributed by atoms with Crippen LogP contribution in [0.2, 0.25) is 0 Å². The Morgan fingerprint density at radius 2 is 1.43 bits per heavy atom. The molecule has 1 aromatic heterocycles. The molecule has 0 bridgehead atoms. The SMILES string of the molecule is CC.CCCNCCc1ccc(Cn2c(-c3ccccc3C(F)(F)F)c(F)c3ccccc32)cc1. The minimum atomic E-state index is -4.59. The molecule has 4 rings (SSSR count). The topological polar surface area (TPSA) is 17.0 Å². The van der Waals surface area contributed by atoms with E-state index in [4.69, 9.17) is 0 Å². The molecule has 1 heterocycles. The lowest BCUT2D eigenvalue weighted by atomic mass is 10.0. The molecular formula is C29H32F4N2. The third kappa shape index (κ3) is 6.12. The van der Waals surface area contributed by atoms with Crippen LogP contribution in [0.15, 0.2) is 72.8 Å². The van der Waals surface area contributed by atoms with Crippen LogP contribution in [0.5, 0.6) is 0 Å². The first-order valence-electron chi connectivity index (χ1n) is 12.1. The van der Waals surface area contributed by atoms with E-state index in [0.29, 0.717) is 10.9 Å². The Labute approximate surface area is 204 Å². The minimum absolute atomic E-state index is 0.0445. The lowest BCUT2D eigenvalue weighted by molar-refractivity contribution is -0.137. The van der Waals surface area contributed by atoms with Crippen LogP contribution in [0.25, 0.3) is 22.2 Å². The molecule has 0 atom stereocenters. The lowest BCUT2D eigenvalue weighted by Crippen LogP contribution is -2.17. The van der Waals surface area contributed by atoms with Crippen molar-refractivity contribution in [3.8, 4) is 11.3 Å². The Hall–Kier alpha value is -3.12. The van der Waals surface area contributed by atoms with Gasteiger partial charge in [-0.3, -0.25) is 0 Å². The monoisotopic (exact) mass is 484 g/mol. The van der Waals surface area contributed by atoms with Crippen LogP contribution < -0.4 is 5.32 Å². The maximum atomic E-state index is 15.5. The number of fused-ring (bicyclic) bond motifs is 1. The highest BCUT2D eigenvalue weighted by Crippen LogP contribution is 2.40. The number of alkyl halides is 3. The summed E-state index contributed by atoms with van der Waals surface area (Å²) < 4.78 is 58.4. The van der Waals surface area contributed by atoms with Crippen molar-refractivity contribution in [2.24, 2.45) is 0 Å². The molecule has 0 amide bonds. The fourth-order valence-corrected chi connectivity index (χ4v) is 4.15. The predicted octanol–water partition coefficient (Wildman–Crippen LogP) is 8.08. The normalized spacial score (nSPS) is 11.4. The summed E-state index contributed by atoms with van der Waals surface area (Å²) in [5, 5.41) is 3.67. The van der Waals surface area contributed by atoms with Crippen molar-refractivity contribution < 1.29 is 17.6 Å². The summed E-state index contributed by atoms with van der Waals surface area (Å²) in [4.78, 5) is 0. The molecule has 0 saturated carbocycles. The van der Waals surface area contributed by atoms with Crippen molar-refractivity contribution in [2.75, 3.05) is 13.1 Å². The predicted molar refractivity (Wildman–Crippen MR) is 136 cm³/mol. The van der Waals surface area contributed by atoms with Gasteiger partial charge in [0.05, 0.1) is 16.8 Å². The van der Waals surface area contributed by atoms with Gasteiger partial charge in [-0.1, -0.05) is 75.4 Å². The molecule has 186 valence electrons. The summed E-state index contributed by atoms with van der Waals surface area (Å²) in [7, 11) is 0. The van der Waals surface area contributed by atoms with Gasteiger partial charge in [-0.2, -0.15) is 13.2 Å². The molecule has 0 saturated heterocycles. The molecular weight excluding hydrogens is 452 g/mol. The van der Waals surface area contributed by atoms with E-state index in [0.717, 1.165) is 37.6 Å². The molecule has 2 nitrogen and oxygen atoms in total. The van der Waals surface area contributed by atoms with E-state index < -0.39 is 17.6 Å². The first kappa shape index (κ1) is 26.5. The summed E-state index contributed by atoms with van der Waals surface area (Å²) >= 11 is 0. The van der Waals surface area contributed by atoms with Gasteiger partial charge in [0.25, 0.3) is 0 Å². The van der Waals surface area contributed by atoms with Crippen LogP contribution in [0, 0.1) is 5.82 Å². The van der Waals surface area contributed by atoms with E-state index in [2.05, 4.69) is 12.2 Å². The summed E-state index contributed by atoms with van der Waals surface area (Å²) in [5.41, 5.74) is 1.59. The second-order valence-electron chi connectivity index (χ2n) is 8.13. The molecule has 1 N–H and O–H groups in total. The van der Waals surface area contributed by atoms with E-state index in [1.807, 2.05) is 38.1 Å². The van der Waals surface area contributed by atoms with Gasteiger partial charge in [0.1, 0.15) is 0 Å². The van der Waals surface area contributed by atoms with Crippen LogP contribution in [0.1, 0.15) is 43.9 Å². The van der Waals surface area contributed by atoms with Gasteiger partial charge >= 0.3 is 6.18 Å². The summed E-state index contributed by atoms with van der Waals surface area (Å²) in [6.45, 7) is 8.25. The van der Waals surface area contributed by atoms with E-state index in [9.17, 15) is 13.2 Å². The average Bonchev–Trinajstić information content (AvgIpc) is 3.15. The molecule has 0 spiro atoms. The molecule has 6 heteroatoms. The maximum Gasteiger partial charge on any atom is 0.417 e. The van der Waals surface area contributed by atoms with Gasteiger partial charge in [-0.05, 0) is 55.3 Å². The van der Waals surface area contributed by atoms with Crippen molar-refractivity contribution in [3.05, 3.63) is 95.3 Å². The zero-order valence-electron chi connectivity index (χ0n) is 20.4. The molecule has 3 aromatic carbocycles. The molecule has 0 radical (unpaired) electrons. The zero-order valence-corrected chi connectivity index (χ0v) is 20.4. The molecule has 35 heavy (non-hydrogen) atoms. The third-order valence-electron chi connectivity index (χ3n) is 5.78. The van der Waals surface area contributed by atoms with Crippen molar-refractivity contribution in [1.82, 2.24) is 9.88 Å².